The van der Waals surface area contributed by atoms with Gasteiger partial charge in [0.1, 0.15) is 17.2 Å². The van der Waals surface area contributed by atoms with E-state index < -0.39 is 0 Å². The molecule has 0 bridgehead atoms. The van der Waals surface area contributed by atoms with Crippen LogP contribution in [-0.2, 0) is 0 Å². The fourth-order valence-corrected chi connectivity index (χ4v) is 3.15. The summed E-state index contributed by atoms with van der Waals surface area (Å²) in [5.41, 5.74) is 4.33. The van der Waals surface area contributed by atoms with E-state index in [1.54, 1.807) is 16.8 Å². The molecule has 0 aliphatic heterocycles. The summed E-state index contributed by atoms with van der Waals surface area (Å²) in [5, 5.41) is 2.84. The summed E-state index contributed by atoms with van der Waals surface area (Å²) < 4.78 is 3.65. The molecule has 0 saturated carbocycles. The highest BCUT2D eigenvalue weighted by Gasteiger charge is 2.17. The van der Waals surface area contributed by atoms with Gasteiger partial charge in [0, 0.05) is 11.9 Å². The molecule has 0 saturated heterocycles. The Morgan fingerprint density at radius 2 is 1.74 bits per heavy atom. The van der Waals surface area contributed by atoms with Crippen molar-refractivity contribution >= 4 is 17.2 Å². The molecular formula is C19H19N7O. The van der Waals surface area contributed by atoms with Crippen LogP contribution in [0.2, 0.25) is 0 Å². The van der Waals surface area contributed by atoms with Crippen LogP contribution >= 0.6 is 0 Å². The average molecular weight is 361 g/mol. The largest absolute Gasteiger partial charge is 0.318 e. The smallest absolute Gasteiger partial charge is 0.274 e. The minimum atomic E-state index is -0.256. The number of imidazole rings is 2. The number of aryl methyl sites for hydroxylation is 3. The van der Waals surface area contributed by atoms with Crippen molar-refractivity contribution in [2.45, 2.75) is 27.7 Å². The van der Waals surface area contributed by atoms with Crippen LogP contribution in [0.25, 0.3) is 11.6 Å². The van der Waals surface area contributed by atoms with Gasteiger partial charge < -0.3 is 5.32 Å². The van der Waals surface area contributed by atoms with Gasteiger partial charge in [-0.2, -0.15) is 0 Å². The van der Waals surface area contributed by atoms with Crippen LogP contribution in [0.15, 0.2) is 36.8 Å². The zero-order valence-corrected chi connectivity index (χ0v) is 15.6. The van der Waals surface area contributed by atoms with Crippen LogP contribution in [0.5, 0.6) is 0 Å². The number of nitrogens with one attached hydrogen (secondary N) is 1. The average Bonchev–Trinajstić information content (AvgIpc) is 3.11. The first kappa shape index (κ1) is 16.9. The van der Waals surface area contributed by atoms with Gasteiger partial charge >= 0.3 is 0 Å². The van der Waals surface area contributed by atoms with Gasteiger partial charge in [-0.05, 0) is 39.8 Å². The highest BCUT2D eigenvalue weighted by atomic mass is 16.2. The third-order valence-electron chi connectivity index (χ3n) is 4.53. The van der Waals surface area contributed by atoms with E-state index in [4.69, 9.17) is 0 Å². The topological polar surface area (TPSA) is 90.0 Å². The summed E-state index contributed by atoms with van der Waals surface area (Å²) in [6, 6.07) is 5.61. The molecule has 0 unspecified atom stereocenters. The van der Waals surface area contributed by atoms with Crippen molar-refractivity contribution in [1.29, 1.82) is 0 Å². The monoisotopic (exact) mass is 361 g/mol. The summed E-state index contributed by atoms with van der Waals surface area (Å²) >= 11 is 0. The normalized spacial score (nSPS) is 11.1. The van der Waals surface area contributed by atoms with E-state index in [0.717, 1.165) is 22.9 Å². The number of hydrogen-bond acceptors (Lipinski definition) is 5. The fourth-order valence-electron chi connectivity index (χ4n) is 3.15. The number of amides is 1. The molecule has 8 nitrogen and oxygen atoms in total. The predicted molar refractivity (Wildman–Crippen MR) is 101 cm³/mol. The number of anilines is 1. The Morgan fingerprint density at radius 3 is 2.41 bits per heavy atom. The van der Waals surface area contributed by atoms with Gasteiger partial charge in [-0.25, -0.2) is 19.9 Å². The number of carbonyl (C=O) groups is 1. The summed E-state index contributed by atoms with van der Waals surface area (Å²) in [6.07, 6.45) is 5.00. The Hall–Kier alpha value is -3.55. The Bertz CT molecular complexity index is 1150. The maximum Gasteiger partial charge on any atom is 0.274 e. The Labute approximate surface area is 155 Å². The second-order valence-electron chi connectivity index (χ2n) is 6.37. The molecule has 0 aliphatic carbocycles. The molecule has 4 rings (SSSR count). The highest BCUT2D eigenvalue weighted by molar-refractivity contribution is 6.04. The molecule has 0 aromatic carbocycles. The number of pyridine rings is 1. The van der Waals surface area contributed by atoms with Gasteiger partial charge in [-0.15, -0.1) is 0 Å². The second kappa shape index (κ2) is 6.31. The third kappa shape index (κ3) is 2.84. The minimum absolute atomic E-state index is 0.256. The molecular weight excluding hydrogens is 342 g/mol. The minimum Gasteiger partial charge on any atom is -0.318 e. The number of rotatable bonds is 3. The van der Waals surface area contributed by atoms with Crippen molar-refractivity contribution in [3.63, 3.8) is 0 Å². The van der Waals surface area contributed by atoms with Crippen LogP contribution in [0.4, 0.5) is 5.69 Å². The number of fused-ring (bicyclic) bond motifs is 1. The molecule has 0 atom stereocenters. The SMILES string of the molecule is Cc1nc(C)n(-c2ncc(NC(=O)c3c(C)nc4ccccn34)cn2)c1C. The molecule has 0 fully saturated rings. The third-order valence-corrected chi connectivity index (χ3v) is 4.53. The van der Waals surface area contributed by atoms with Crippen LogP contribution in [0.1, 0.15) is 33.4 Å². The lowest BCUT2D eigenvalue weighted by atomic mass is 10.3. The Morgan fingerprint density at radius 1 is 1.00 bits per heavy atom. The standard InChI is InChI=1S/C19H19N7O/c1-11-13(3)26(14(4)22-11)19-20-9-15(10-21-19)24-18(27)17-12(2)23-16-7-5-6-8-25(16)17/h5-10H,1-4H3,(H,24,27). The van der Waals surface area contributed by atoms with Gasteiger partial charge in [0.15, 0.2) is 0 Å². The van der Waals surface area contributed by atoms with E-state index in [2.05, 4.69) is 25.3 Å². The van der Waals surface area contributed by atoms with E-state index >= 15 is 0 Å². The molecule has 4 heterocycles. The predicted octanol–water partition coefficient (Wildman–Crippen LogP) is 2.80. The molecule has 0 spiro atoms. The summed E-state index contributed by atoms with van der Waals surface area (Å²) in [7, 11) is 0. The maximum atomic E-state index is 12.7. The lowest BCUT2D eigenvalue weighted by Gasteiger charge is -2.08. The molecule has 136 valence electrons. The number of hydrogen-bond donors (Lipinski definition) is 1. The molecule has 1 amide bonds. The molecule has 0 aliphatic rings. The molecule has 4 aromatic heterocycles. The van der Waals surface area contributed by atoms with Crippen molar-refractivity contribution in [1.82, 2.24) is 28.9 Å². The van der Waals surface area contributed by atoms with Gasteiger partial charge in [-0.1, -0.05) is 6.07 Å². The van der Waals surface area contributed by atoms with Crippen LogP contribution in [0, 0.1) is 27.7 Å². The number of aromatic nitrogens is 6. The summed E-state index contributed by atoms with van der Waals surface area (Å²) in [6.45, 7) is 7.65. The van der Waals surface area contributed by atoms with E-state index in [-0.39, 0.29) is 5.91 Å². The van der Waals surface area contributed by atoms with Crippen LogP contribution < -0.4 is 5.32 Å². The molecule has 1 N–H and O–H groups in total. The van der Waals surface area contributed by atoms with Gasteiger partial charge in [0.05, 0.1) is 29.5 Å². The first-order valence-electron chi connectivity index (χ1n) is 8.55. The molecule has 4 aromatic rings. The Kier molecular flexibility index (Phi) is 3.95. The van der Waals surface area contributed by atoms with Gasteiger partial charge in [0.2, 0.25) is 5.95 Å². The maximum absolute atomic E-state index is 12.7. The van der Waals surface area contributed by atoms with E-state index in [1.165, 1.54) is 0 Å². The lowest BCUT2D eigenvalue weighted by molar-refractivity contribution is 0.102. The summed E-state index contributed by atoms with van der Waals surface area (Å²) in [4.78, 5) is 30.3. The van der Waals surface area contributed by atoms with Crippen molar-refractivity contribution in [3.8, 4) is 5.95 Å². The van der Waals surface area contributed by atoms with Crippen LogP contribution in [-0.4, -0.2) is 34.8 Å². The number of carbonyl (C=O) groups excluding carboxylic acids is 1. The Balaban J connectivity index is 1.61. The van der Waals surface area contributed by atoms with Gasteiger partial charge in [-0.3, -0.25) is 13.8 Å². The van der Waals surface area contributed by atoms with Crippen molar-refractivity contribution in [2.24, 2.45) is 0 Å². The van der Waals surface area contributed by atoms with E-state index in [0.29, 0.717) is 23.0 Å². The lowest BCUT2D eigenvalue weighted by Crippen LogP contribution is -2.16. The fraction of sp³-hybridized carbons (Fsp3) is 0.211. The zero-order valence-electron chi connectivity index (χ0n) is 15.6. The zero-order chi connectivity index (χ0) is 19.1. The van der Waals surface area contributed by atoms with Crippen molar-refractivity contribution in [2.75, 3.05) is 5.32 Å². The molecule has 8 heteroatoms. The van der Waals surface area contributed by atoms with Crippen molar-refractivity contribution in [3.05, 3.63) is 65.4 Å². The summed E-state index contributed by atoms with van der Waals surface area (Å²) in [5.74, 6) is 1.09. The number of nitrogens with zero attached hydrogens (tertiary/aromatic N) is 6. The molecule has 0 radical (unpaired) electrons. The van der Waals surface area contributed by atoms with E-state index in [1.807, 2.05) is 56.7 Å². The first-order valence-corrected chi connectivity index (χ1v) is 8.55. The molecule has 27 heavy (non-hydrogen) atoms. The first-order chi connectivity index (χ1) is 13.0. The quantitative estimate of drug-likeness (QED) is 0.606. The van der Waals surface area contributed by atoms with Crippen LogP contribution in [0.3, 0.4) is 0 Å². The van der Waals surface area contributed by atoms with Crippen molar-refractivity contribution < 1.29 is 4.79 Å². The second-order valence-corrected chi connectivity index (χ2v) is 6.37. The highest BCUT2D eigenvalue weighted by Crippen LogP contribution is 2.17. The van der Waals surface area contributed by atoms with E-state index in [9.17, 15) is 4.79 Å². The van der Waals surface area contributed by atoms with Gasteiger partial charge in [0.25, 0.3) is 5.91 Å².